The molecule has 0 aromatic carbocycles. The molecule has 0 saturated heterocycles. The monoisotopic (exact) mass is 266 g/mol. The summed E-state index contributed by atoms with van der Waals surface area (Å²) in [6, 6.07) is 0. The van der Waals surface area contributed by atoms with Crippen molar-refractivity contribution in [2.75, 3.05) is 6.61 Å². The predicted octanol–water partition coefficient (Wildman–Crippen LogP) is 3.77. The summed E-state index contributed by atoms with van der Waals surface area (Å²) in [4.78, 5) is 0. The normalized spacial score (nSPS) is 44.7. The van der Waals surface area contributed by atoms with Gasteiger partial charge in [-0.3, -0.25) is 0 Å². The zero-order valence-electron chi connectivity index (χ0n) is 12.6. The van der Waals surface area contributed by atoms with Crippen LogP contribution in [0.15, 0.2) is 0 Å². The van der Waals surface area contributed by atoms with Crippen LogP contribution in [0.25, 0.3) is 0 Å². The zero-order chi connectivity index (χ0) is 13.5. The first-order valence-electron chi connectivity index (χ1n) is 8.38. The van der Waals surface area contributed by atoms with Crippen LogP contribution in [-0.4, -0.2) is 23.9 Å². The molecule has 0 radical (unpaired) electrons. The van der Waals surface area contributed by atoms with Crippen molar-refractivity contribution in [1.82, 2.24) is 0 Å². The van der Waals surface area contributed by atoms with Gasteiger partial charge in [-0.1, -0.05) is 26.7 Å². The second-order valence-electron chi connectivity index (χ2n) is 7.75. The van der Waals surface area contributed by atoms with Crippen LogP contribution < -0.4 is 0 Å². The number of hydrogen-bond donors (Lipinski definition) is 1. The highest BCUT2D eigenvalue weighted by Gasteiger charge is 2.51. The standard InChI is InChI=1S/C17H30O2/c1-17(2)13-8-7-12(11-13)14(17)9-10-19-16-6-4-3-5-15(16)18/h12-16,18H,3-11H2,1-2H3. The molecule has 5 atom stereocenters. The summed E-state index contributed by atoms with van der Waals surface area (Å²) < 4.78 is 6.01. The molecule has 2 bridgehead atoms. The lowest BCUT2D eigenvalue weighted by Gasteiger charge is -2.39. The molecular formula is C17H30O2. The highest BCUT2D eigenvalue weighted by Crippen LogP contribution is 2.60. The Morgan fingerprint density at radius 1 is 1.11 bits per heavy atom. The molecule has 110 valence electrons. The fraction of sp³-hybridized carbons (Fsp3) is 1.00. The SMILES string of the molecule is CC1(C)C2CCC(C2)C1CCOC1CCCCC1O. The van der Waals surface area contributed by atoms with Gasteiger partial charge in [0, 0.05) is 6.61 Å². The van der Waals surface area contributed by atoms with Gasteiger partial charge >= 0.3 is 0 Å². The summed E-state index contributed by atoms with van der Waals surface area (Å²) in [5.41, 5.74) is 0.525. The van der Waals surface area contributed by atoms with Gasteiger partial charge in [0.15, 0.2) is 0 Å². The van der Waals surface area contributed by atoms with E-state index in [1.807, 2.05) is 0 Å². The minimum atomic E-state index is -0.207. The third kappa shape index (κ3) is 2.58. The summed E-state index contributed by atoms with van der Waals surface area (Å²) in [5, 5.41) is 9.94. The van der Waals surface area contributed by atoms with E-state index in [1.165, 1.54) is 38.5 Å². The summed E-state index contributed by atoms with van der Waals surface area (Å²) in [6.45, 7) is 5.80. The van der Waals surface area contributed by atoms with Crippen LogP contribution in [-0.2, 0) is 4.74 Å². The third-order valence-electron chi connectivity index (χ3n) is 6.48. The Morgan fingerprint density at radius 2 is 1.89 bits per heavy atom. The summed E-state index contributed by atoms with van der Waals surface area (Å²) in [7, 11) is 0. The number of fused-ring (bicyclic) bond motifs is 2. The quantitative estimate of drug-likeness (QED) is 0.839. The van der Waals surface area contributed by atoms with Crippen molar-refractivity contribution < 1.29 is 9.84 Å². The van der Waals surface area contributed by atoms with Crippen molar-refractivity contribution in [3.05, 3.63) is 0 Å². The van der Waals surface area contributed by atoms with E-state index in [-0.39, 0.29) is 12.2 Å². The van der Waals surface area contributed by atoms with E-state index < -0.39 is 0 Å². The smallest absolute Gasteiger partial charge is 0.0833 e. The molecule has 2 nitrogen and oxygen atoms in total. The minimum absolute atomic E-state index is 0.121. The molecule has 0 spiro atoms. The zero-order valence-corrected chi connectivity index (χ0v) is 12.6. The van der Waals surface area contributed by atoms with Crippen LogP contribution in [0.1, 0.15) is 65.2 Å². The van der Waals surface area contributed by atoms with Gasteiger partial charge in [0.2, 0.25) is 0 Å². The van der Waals surface area contributed by atoms with Gasteiger partial charge in [0.05, 0.1) is 12.2 Å². The van der Waals surface area contributed by atoms with Crippen molar-refractivity contribution in [3.63, 3.8) is 0 Å². The van der Waals surface area contributed by atoms with E-state index in [0.717, 1.165) is 37.2 Å². The van der Waals surface area contributed by atoms with Crippen LogP contribution >= 0.6 is 0 Å². The predicted molar refractivity (Wildman–Crippen MR) is 76.9 cm³/mol. The maximum atomic E-state index is 9.94. The fourth-order valence-corrected chi connectivity index (χ4v) is 5.19. The molecular weight excluding hydrogens is 236 g/mol. The highest BCUT2D eigenvalue weighted by atomic mass is 16.5. The second-order valence-corrected chi connectivity index (χ2v) is 7.75. The molecule has 3 fully saturated rings. The second kappa shape index (κ2) is 5.37. The van der Waals surface area contributed by atoms with Crippen LogP contribution in [0.4, 0.5) is 0 Å². The van der Waals surface area contributed by atoms with E-state index in [1.54, 1.807) is 0 Å². The Labute approximate surface area is 117 Å². The Bertz CT molecular complexity index is 312. The molecule has 0 amide bonds. The molecule has 0 aliphatic heterocycles. The first-order chi connectivity index (χ1) is 9.09. The van der Waals surface area contributed by atoms with Gasteiger partial charge in [-0.15, -0.1) is 0 Å². The van der Waals surface area contributed by atoms with E-state index in [9.17, 15) is 5.11 Å². The summed E-state index contributed by atoms with van der Waals surface area (Å²) in [6.07, 6.45) is 9.87. The Balaban J connectivity index is 1.47. The minimum Gasteiger partial charge on any atom is -0.390 e. The van der Waals surface area contributed by atoms with Gasteiger partial charge in [0.25, 0.3) is 0 Å². The first-order valence-corrected chi connectivity index (χ1v) is 8.38. The summed E-state index contributed by atoms with van der Waals surface area (Å²) in [5.74, 6) is 2.77. The van der Waals surface area contributed by atoms with Crippen molar-refractivity contribution >= 4 is 0 Å². The number of aliphatic hydroxyl groups excluding tert-OH is 1. The topological polar surface area (TPSA) is 29.5 Å². The van der Waals surface area contributed by atoms with Gasteiger partial charge in [-0.2, -0.15) is 0 Å². The van der Waals surface area contributed by atoms with Crippen LogP contribution in [0.3, 0.4) is 0 Å². The average Bonchev–Trinajstić information content (AvgIpc) is 2.93. The molecule has 3 rings (SSSR count). The molecule has 1 N–H and O–H groups in total. The van der Waals surface area contributed by atoms with Crippen LogP contribution in [0, 0.1) is 23.2 Å². The maximum absolute atomic E-state index is 9.94. The molecule has 3 aliphatic rings. The van der Waals surface area contributed by atoms with E-state index in [2.05, 4.69) is 13.8 Å². The number of ether oxygens (including phenoxy) is 1. The van der Waals surface area contributed by atoms with Crippen molar-refractivity contribution in [1.29, 1.82) is 0 Å². The lowest BCUT2D eigenvalue weighted by Crippen LogP contribution is -2.35. The molecule has 19 heavy (non-hydrogen) atoms. The average molecular weight is 266 g/mol. The van der Waals surface area contributed by atoms with E-state index >= 15 is 0 Å². The van der Waals surface area contributed by atoms with E-state index in [4.69, 9.17) is 4.74 Å². The maximum Gasteiger partial charge on any atom is 0.0833 e. The Hall–Kier alpha value is -0.0800. The molecule has 5 unspecified atom stereocenters. The molecule has 0 aromatic heterocycles. The lowest BCUT2D eigenvalue weighted by atomic mass is 9.67. The van der Waals surface area contributed by atoms with Crippen LogP contribution in [0.5, 0.6) is 0 Å². The van der Waals surface area contributed by atoms with Crippen molar-refractivity contribution in [2.24, 2.45) is 23.2 Å². The number of hydrogen-bond acceptors (Lipinski definition) is 2. The largest absolute Gasteiger partial charge is 0.390 e. The third-order valence-corrected chi connectivity index (χ3v) is 6.48. The van der Waals surface area contributed by atoms with E-state index in [0.29, 0.717) is 5.41 Å². The van der Waals surface area contributed by atoms with Crippen molar-refractivity contribution in [3.8, 4) is 0 Å². The number of rotatable bonds is 4. The Kier molecular flexibility index (Phi) is 3.92. The number of aliphatic hydroxyl groups is 1. The van der Waals surface area contributed by atoms with Crippen molar-refractivity contribution in [2.45, 2.75) is 77.4 Å². The molecule has 0 aromatic rings. The van der Waals surface area contributed by atoms with Gasteiger partial charge in [-0.25, -0.2) is 0 Å². The lowest BCUT2D eigenvalue weighted by molar-refractivity contribution is -0.0671. The van der Waals surface area contributed by atoms with Gasteiger partial charge < -0.3 is 9.84 Å². The molecule has 2 heteroatoms. The molecule has 3 saturated carbocycles. The summed E-state index contributed by atoms with van der Waals surface area (Å²) >= 11 is 0. The van der Waals surface area contributed by atoms with Gasteiger partial charge in [0.1, 0.15) is 0 Å². The first kappa shape index (κ1) is 13.9. The molecule has 0 heterocycles. The molecule has 3 aliphatic carbocycles. The van der Waals surface area contributed by atoms with Gasteiger partial charge in [-0.05, 0) is 61.7 Å². The van der Waals surface area contributed by atoms with Crippen LogP contribution in [0.2, 0.25) is 0 Å². The Morgan fingerprint density at radius 3 is 2.58 bits per heavy atom. The highest BCUT2D eigenvalue weighted by molar-refractivity contribution is 5.01. The fourth-order valence-electron chi connectivity index (χ4n) is 5.19.